The van der Waals surface area contributed by atoms with Crippen LogP contribution in [0.15, 0.2) is 24.3 Å². The first-order valence-electron chi connectivity index (χ1n) is 3.45. The van der Waals surface area contributed by atoms with Crippen molar-refractivity contribution in [3.05, 3.63) is 24.3 Å². The molecule has 1 aliphatic heterocycles. The Morgan fingerprint density at radius 1 is 1.50 bits per heavy atom. The van der Waals surface area contributed by atoms with Crippen LogP contribution in [-0.4, -0.2) is 12.3 Å². The summed E-state index contributed by atoms with van der Waals surface area (Å²) in [5.41, 5.74) is 0.493. The monoisotopic (exact) mass is 167 g/mol. The van der Waals surface area contributed by atoms with Gasteiger partial charge < -0.3 is 10.1 Å². The van der Waals surface area contributed by atoms with Gasteiger partial charge in [0.05, 0.1) is 5.69 Å². The number of anilines is 1. The first kappa shape index (κ1) is 7.09. The number of carbonyl (C=O) groups is 1. The van der Waals surface area contributed by atoms with E-state index < -0.39 is 5.98 Å². The molecule has 1 aliphatic rings. The molecule has 1 heterocycles. The predicted octanol–water partition coefficient (Wildman–Crippen LogP) is 1.31. The highest BCUT2D eigenvalue weighted by Gasteiger charge is 2.38. The highest BCUT2D eigenvalue weighted by Crippen LogP contribution is 2.35. The van der Waals surface area contributed by atoms with Crippen LogP contribution in [0.5, 0.6) is 5.75 Å². The van der Waals surface area contributed by atoms with Gasteiger partial charge in [0.25, 0.3) is 0 Å². The number of benzene rings is 1. The maximum absolute atomic E-state index is 13.1. The van der Waals surface area contributed by atoms with Crippen molar-refractivity contribution in [2.24, 2.45) is 0 Å². The van der Waals surface area contributed by atoms with Crippen molar-refractivity contribution in [2.75, 3.05) is 5.32 Å². The number of alkyl halides is 1. The first-order valence-corrected chi connectivity index (χ1v) is 3.45. The van der Waals surface area contributed by atoms with E-state index in [4.69, 9.17) is 4.74 Å². The summed E-state index contributed by atoms with van der Waals surface area (Å²) in [7, 11) is 0. The minimum Gasteiger partial charge on any atom is -0.433 e. The Balaban J connectivity index is 2.39. The third kappa shape index (κ3) is 0.922. The van der Waals surface area contributed by atoms with E-state index in [1.54, 1.807) is 24.3 Å². The summed E-state index contributed by atoms with van der Waals surface area (Å²) in [6.07, 6.45) is 0.0903. The number of para-hydroxylation sites is 2. The molecular weight excluding hydrogens is 161 g/mol. The number of aldehydes is 1. The third-order valence-electron chi connectivity index (χ3n) is 1.60. The van der Waals surface area contributed by atoms with Crippen LogP contribution in [0, 0.1) is 0 Å². The summed E-state index contributed by atoms with van der Waals surface area (Å²) >= 11 is 0. The Morgan fingerprint density at radius 2 is 2.25 bits per heavy atom. The lowest BCUT2D eigenvalue weighted by atomic mass is 10.3. The van der Waals surface area contributed by atoms with Gasteiger partial charge in [0.15, 0.2) is 0 Å². The van der Waals surface area contributed by atoms with E-state index in [9.17, 15) is 9.18 Å². The van der Waals surface area contributed by atoms with Gasteiger partial charge in [-0.2, -0.15) is 4.39 Å². The SMILES string of the molecule is O=CC1(F)Nc2ccccc2O1. The summed E-state index contributed by atoms with van der Waals surface area (Å²) in [6, 6.07) is 6.66. The van der Waals surface area contributed by atoms with E-state index in [2.05, 4.69) is 5.32 Å². The van der Waals surface area contributed by atoms with Crippen LogP contribution in [0.4, 0.5) is 10.1 Å². The second kappa shape index (κ2) is 2.20. The maximum Gasteiger partial charge on any atom is 0.388 e. The largest absolute Gasteiger partial charge is 0.433 e. The lowest BCUT2D eigenvalue weighted by Crippen LogP contribution is -2.36. The molecule has 0 amide bonds. The van der Waals surface area contributed by atoms with Crippen LogP contribution in [-0.2, 0) is 4.79 Å². The topological polar surface area (TPSA) is 38.3 Å². The van der Waals surface area contributed by atoms with Gasteiger partial charge in [-0.1, -0.05) is 12.1 Å². The molecule has 0 aliphatic carbocycles. The van der Waals surface area contributed by atoms with Gasteiger partial charge in [-0.3, -0.25) is 4.79 Å². The van der Waals surface area contributed by atoms with E-state index in [0.717, 1.165) is 0 Å². The standard InChI is InChI=1S/C8H6FNO2/c9-8(5-11)10-6-3-1-2-4-7(6)12-8/h1-5,10H. The third-order valence-corrected chi connectivity index (χ3v) is 1.60. The molecule has 0 radical (unpaired) electrons. The van der Waals surface area contributed by atoms with Gasteiger partial charge in [-0.05, 0) is 12.1 Å². The molecule has 0 bridgehead atoms. The summed E-state index contributed by atoms with van der Waals surface area (Å²) in [6.45, 7) is 0. The summed E-state index contributed by atoms with van der Waals surface area (Å²) < 4.78 is 17.8. The molecule has 0 saturated heterocycles. The van der Waals surface area contributed by atoms with Gasteiger partial charge in [-0.15, -0.1) is 0 Å². The number of ether oxygens (including phenoxy) is 1. The van der Waals surface area contributed by atoms with Crippen molar-refractivity contribution in [1.29, 1.82) is 0 Å². The summed E-state index contributed by atoms with van der Waals surface area (Å²) in [4.78, 5) is 10.2. The van der Waals surface area contributed by atoms with E-state index >= 15 is 0 Å². The molecule has 0 fully saturated rings. The molecule has 0 saturated carbocycles. The smallest absolute Gasteiger partial charge is 0.388 e. The lowest BCUT2D eigenvalue weighted by Gasteiger charge is -2.10. The summed E-state index contributed by atoms with van der Waals surface area (Å²) in [5.74, 6) is -2.03. The molecule has 1 aromatic rings. The molecule has 1 N–H and O–H groups in total. The number of halogens is 1. The second-order valence-electron chi connectivity index (χ2n) is 2.49. The number of nitrogens with one attached hydrogen (secondary N) is 1. The normalized spacial score (nSPS) is 25.4. The quantitative estimate of drug-likeness (QED) is 0.506. The zero-order valence-corrected chi connectivity index (χ0v) is 6.08. The van der Waals surface area contributed by atoms with E-state index in [-0.39, 0.29) is 6.29 Å². The van der Waals surface area contributed by atoms with Gasteiger partial charge in [0.1, 0.15) is 5.75 Å². The average molecular weight is 167 g/mol. The molecule has 4 heteroatoms. The van der Waals surface area contributed by atoms with Crippen molar-refractivity contribution < 1.29 is 13.9 Å². The Morgan fingerprint density at radius 3 is 2.92 bits per heavy atom. The fourth-order valence-corrected chi connectivity index (χ4v) is 1.08. The van der Waals surface area contributed by atoms with Crippen LogP contribution in [0.1, 0.15) is 0 Å². The van der Waals surface area contributed by atoms with E-state index in [1.807, 2.05) is 0 Å². The van der Waals surface area contributed by atoms with E-state index in [0.29, 0.717) is 11.4 Å². The van der Waals surface area contributed by atoms with Crippen LogP contribution in [0.2, 0.25) is 0 Å². The van der Waals surface area contributed by atoms with Crippen molar-refractivity contribution >= 4 is 12.0 Å². The molecule has 62 valence electrons. The molecule has 12 heavy (non-hydrogen) atoms. The van der Waals surface area contributed by atoms with Gasteiger partial charge in [0.2, 0.25) is 6.29 Å². The van der Waals surface area contributed by atoms with Crippen LogP contribution in [0.3, 0.4) is 0 Å². The van der Waals surface area contributed by atoms with Crippen LogP contribution in [0.25, 0.3) is 0 Å². The fourth-order valence-electron chi connectivity index (χ4n) is 1.08. The molecular formula is C8H6FNO2. The van der Waals surface area contributed by atoms with Crippen molar-refractivity contribution in [3.8, 4) is 5.75 Å². The van der Waals surface area contributed by atoms with Crippen molar-refractivity contribution in [1.82, 2.24) is 0 Å². The Hall–Kier alpha value is -1.58. The minimum atomic E-state index is -2.39. The molecule has 2 rings (SSSR count). The Bertz CT molecular complexity index is 302. The van der Waals surface area contributed by atoms with E-state index in [1.165, 1.54) is 0 Å². The van der Waals surface area contributed by atoms with Crippen molar-refractivity contribution in [3.63, 3.8) is 0 Å². The van der Waals surface area contributed by atoms with Gasteiger partial charge >= 0.3 is 5.98 Å². The molecule has 1 atom stereocenters. The van der Waals surface area contributed by atoms with Gasteiger partial charge in [0, 0.05) is 0 Å². The number of fused-ring (bicyclic) bond motifs is 1. The van der Waals surface area contributed by atoms with Crippen LogP contribution < -0.4 is 10.1 Å². The number of rotatable bonds is 1. The molecule has 1 aromatic carbocycles. The predicted molar refractivity (Wildman–Crippen MR) is 40.6 cm³/mol. The second-order valence-corrected chi connectivity index (χ2v) is 2.49. The zero-order valence-electron chi connectivity index (χ0n) is 6.08. The number of hydrogen-bond donors (Lipinski definition) is 1. The van der Waals surface area contributed by atoms with Crippen molar-refractivity contribution in [2.45, 2.75) is 5.98 Å². The maximum atomic E-state index is 13.1. The molecule has 1 unspecified atom stereocenters. The fraction of sp³-hybridized carbons (Fsp3) is 0.125. The highest BCUT2D eigenvalue weighted by molar-refractivity contribution is 5.73. The lowest BCUT2D eigenvalue weighted by molar-refractivity contribution is -0.130. The molecule has 0 spiro atoms. The highest BCUT2D eigenvalue weighted by atomic mass is 19.2. The molecule has 3 nitrogen and oxygen atoms in total. The summed E-state index contributed by atoms with van der Waals surface area (Å²) in [5, 5.41) is 2.30. The number of hydrogen-bond acceptors (Lipinski definition) is 3. The molecule has 0 aromatic heterocycles. The van der Waals surface area contributed by atoms with Gasteiger partial charge in [-0.25, -0.2) is 0 Å². The average Bonchev–Trinajstić information content (AvgIpc) is 2.42. The Kier molecular flexibility index (Phi) is 1.30. The minimum absolute atomic E-state index is 0.0903. The van der Waals surface area contributed by atoms with Crippen LogP contribution >= 0.6 is 0 Å². The number of carbonyl (C=O) groups excluding carboxylic acids is 1. The first-order chi connectivity index (χ1) is 5.73. The zero-order chi connectivity index (χ0) is 8.60. The Labute approximate surface area is 68.1 Å².